The first-order valence-corrected chi connectivity index (χ1v) is 8.13. The zero-order valence-corrected chi connectivity index (χ0v) is 12.2. The van der Waals surface area contributed by atoms with Crippen molar-refractivity contribution in [2.75, 3.05) is 26.2 Å². The van der Waals surface area contributed by atoms with Crippen LogP contribution in [0.15, 0.2) is 4.99 Å². The summed E-state index contributed by atoms with van der Waals surface area (Å²) in [5.74, 6) is 0.654. The van der Waals surface area contributed by atoms with Crippen molar-refractivity contribution in [1.82, 2.24) is 10.2 Å². The van der Waals surface area contributed by atoms with Crippen molar-refractivity contribution in [3.63, 3.8) is 0 Å². The molecule has 0 atom stereocenters. The van der Waals surface area contributed by atoms with Gasteiger partial charge in [0, 0.05) is 12.6 Å². The fraction of sp³-hybridized carbons (Fsp3) is 0.933. The summed E-state index contributed by atoms with van der Waals surface area (Å²) < 4.78 is 0. The Morgan fingerprint density at radius 1 is 1.00 bits per heavy atom. The minimum atomic E-state index is 0.565. The Kier molecular flexibility index (Phi) is 6.48. The summed E-state index contributed by atoms with van der Waals surface area (Å²) in [5.41, 5.74) is 5.97. The zero-order chi connectivity index (χ0) is 13.3. The SMILES string of the molecule is NC(=NCCN1CCCCCC1)NC1CCCCC1. The van der Waals surface area contributed by atoms with Crippen LogP contribution < -0.4 is 11.1 Å². The number of rotatable bonds is 4. The smallest absolute Gasteiger partial charge is 0.188 e. The van der Waals surface area contributed by atoms with Gasteiger partial charge in [-0.05, 0) is 38.8 Å². The fourth-order valence-corrected chi connectivity index (χ4v) is 3.17. The Labute approximate surface area is 117 Å². The molecule has 0 radical (unpaired) electrons. The average Bonchev–Trinajstić information content (AvgIpc) is 2.68. The van der Waals surface area contributed by atoms with Crippen LogP contribution in [0.5, 0.6) is 0 Å². The van der Waals surface area contributed by atoms with Crippen molar-refractivity contribution >= 4 is 5.96 Å². The van der Waals surface area contributed by atoms with E-state index in [-0.39, 0.29) is 0 Å². The first kappa shape index (κ1) is 14.6. The van der Waals surface area contributed by atoms with E-state index in [2.05, 4.69) is 15.2 Å². The van der Waals surface area contributed by atoms with E-state index in [1.165, 1.54) is 70.9 Å². The molecule has 4 nitrogen and oxygen atoms in total. The molecule has 1 saturated carbocycles. The van der Waals surface area contributed by atoms with Gasteiger partial charge in [-0.1, -0.05) is 32.1 Å². The van der Waals surface area contributed by atoms with Gasteiger partial charge in [0.1, 0.15) is 0 Å². The molecule has 1 aliphatic carbocycles. The number of guanidine groups is 1. The molecular weight excluding hydrogens is 236 g/mol. The third-order valence-electron chi connectivity index (χ3n) is 4.35. The van der Waals surface area contributed by atoms with Crippen LogP contribution in [-0.4, -0.2) is 43.1 Å². The maximum atomic E-state index is 5.97. The van der Waals surface area contributed by atoms with Gasteiger partial charge in [0.2, 0.25) is 0 Å². The highest BCUT2D eigenvalue weighted by Crippen LogP contribution is 2.17. The lowest BCUT2D eigenvalue weighted by molar-refractivity contribution is 0.293. The number of nitrogens with zero attached hydrogens (tertiary/aromatic N) is 2. The van der Waals surface area contributed by atoms with Crippen molar-refractivity contribution in [2.24, 2.45) is 10.7 Å². The molecule has 0 aromatic carbocycles. The maximum Gasteiger partial charge on any atom is 0.188 e. The highest BCUT2D eigenvalue weighted by atomic mass is 15.2. The third-order valence-corrected chi connectivity index (χ3v) is 4.35. The van der Waals surface area contributed by atoms with Gasteiger partial charge < -0.3 is 16.0 Å². The second-order valence-corrected chi connectivity index (χ2v) is 6.00. The molecule has 0 bridgehead atoms. The van der Waals surface area contributed by atoms with E-state index in [0.29, 0.717) is 12.0 Å². The van der Waals surface area contributed by atoms with Crippen LogP contribution in [0.2, 0.25) is 0 Å². The van der Waals surface area contributed by atoms with Crippen molar-refractivity contribution in [1.29, 1.82) is 0 Å². The van der Waals surface area contributed by atoms with E-state index in [4.69, 9.17) is 5.73 Å². The molecule has 2 rings (SSSR count). The molecule has 0 amide bonds. The second kappa shape index (κ2) is 8.41. The molecule has 0 spiro atoms. The van der Waals surface area contributed by atoms with Crippen LogP contribution in [0.3, 0.4) is 0 Å². The van der Waals surface area contributed by atoms with Crippen molar-refractivity contribution in [3.8, 4) is 0 Å². The molecule has 0 unspecified atom stereocenters. The van der Waals surface area contributed by atoms with Crippen LogP contribution in [0.1, 0.15) is 57.8 Å². The van der Waals surface area contributed by atoms with Gasteiger partial charge in [-0.3, -0.25) is 4.99 Å². The summed E-state index contributed by atoms with van der Waals surface area (Å²) in [4.78, 5) is 7.02. The number of hydrogen-bond acceptors (Lipinski definition) is 2. The molecule has 1 saturated heterocycles. The van der Waals surface area contributed by atoms with Crippen molar-refractivity contribution in [2.45, 2.75) is 63.8 Å². The highest BCUT2D eigenvalue weighted by molar-refractivity contribution is 5.78. The van der Waals surface area contributed by atoms with Crippen LogP contribution >= 0.6 is 0 Å². The fourth-order valence-electron chi connectivity index (χ4n) is 3.17. The molecule has 0 aromatic rings. The summed E-state index contributed by atoms with van der Waals surface area (Å²) in [6.45, 7) is 4.38. The summed E-state index contributed by atoms with van der Waals surface area (Å²) >= 11 is 0. The van der Waals surface area contributed by atoms with E-state index in [1.54, 1.807) is 0 Å². The predicted molar refractivity (Wildman–Crippen MR) is 81.4 cm³/mol. The molecule has 1 aliphatic heterocycles. The van der Waals surface area contributed by atoms with Gasteiger partial charge in [0.05, 0.1) is 6.54 Å². The van der Waals surface area contributed by atoms with Crippen molar-refractivity contribution < 1.29 is 0 Å². The van der Waals surface area contributed by atoms with E-state index in [0.717, 1.165) is 13.1 Å². The standard InChI is InChI=1S/C15H30N4/c16-15(18-14-8-4-3-5-9-14)17-10-13-19-11-6-1-2-7-12-19/h14H,1-13H2,(H3,16,17,18). The van der Waals surface area contributed by atoms with Crippen LogP contribution in [-0.2, 0) is 0 Å². The summed E-state index contributed by atoms with van der Waals surface area (Å²) in [6.07, 6.45) is 12.0. The second-order valence-electron chi connectivity index (χ2n) is 6.00. The maximum absolute atomic E-state index is 5.97. The van der Waals surface area contributed by atoms with E-state index >= 15 is 0 Å². The molecule has 110 valence electrons. The lowest BCUT2D eigenvalue weighted by Gasteiger charge is -2.23. The minimum absolute atomic E-state index is 0.565. The molecule has 19 heavy (non-hydrogen) atoms. The lowest BCUT2D eigenvalue weighted by atomic mass is 9.96. The predicted octanol–water partition coefficient (Wildman–Crippen LogP) is 2.10. The molecule has 2 aliphatic rings. The van der Waals surface area contributed by atoms with E-state index in [9.17, 15) is 0 Å². The van der Waals surface area contributed by atoms with Gasteiger partial charge >= 0.3 is 0 Å². The van der Waals surface area contributed by atoms with Gasteiger partial charge in [-0.2, -0.15) is 0 Å². The Morgan fingerprint density at radius 2 is 1.63 bits per heavy atom. The summed E-state index contributed by atoms with van der Waals surface area (Å²) in [5, 5.41) is 3.38. The first-order valence-electron chi connectivity index (χ1n) is 8.13. The minimum Gasteiger partial charge on any atom is -0.370 e. The topological polar surface area (TPSA) is 53.6 Å². The third kappa shape index (κ3) is 5.81. The number of nitrogens with one attached hydrogen (secondary N) is 1. The molecule has 4 heteroatoms. The lowest BCUT2D eigenvalue weighted by Crippen LogP contribution is -2.41. The highest BCUT2D eigenvalue weighted by Gasteiger charge is 2.13. The monoisotopic (exact) mass is 266 g/mol. The normalized spacial score (nSPS) is 24.1. The largest absolute Gasteiger partial charge is 0.370 e. The Hall–Kier alpha value is -0.770. The zero-order valence-electron chi connectivity index (χ0n) is 12.2. The van der Waals surface area contributed by atoms with Gasteiger partial charge in [0.15, 0.2) is 5.96 Å². The average molecular weight is 266 g/mol. The molecular formula is C15H30N4. The first-order chi connectivity index (χ1) is 9.34. The number of aliphatic imine (C=N–C) groups is 1. The number of likely N-dealkylation sites (tertiary alicyclic amines) is 1. The van der Waals surface area contributed by atoms with Gasteiger partial charge in [-0.25, -0.2) is 0 Å². The van der Waals surface area contributed by atoms with Gasteiger partial charge in [-0.15, -0.1) is 0 Å². The van der Waals surface area contributed by atoms with E-state index < -0.39 is 0 Å². The molecule has 2 fully saturated rings. The Bertz CT molecular complexity index is 263. The summed E-state index contributed by atoms with van der Waals surface area (Å²) in [6, 6.07) is 0.565. The Balaban J connectivity index is 1.62. The Morgan fingerprint density at radius 3 is 2.32 bits per heavy atom. The summed E-state index contributed by atoms with van der Waals surface area (Å²) in [7, 11) is 0. The molecule has 0 aromatic heterocycles. The van der Waals surface area contributed by atoms with Crippen LogP contribution in [0.4, 0.5) is 0 Å². The molecule has 1 heterocycles. The number of hydrogen-bond donors (Lipinski definition) is 2. The number of nitrogens with two attached hydrogens (primary N) is 1. The van der Waals surface area contributed by atoms with Crippen LogP contribution in [0, 0.1) is 0 Å². The molecule has 3 N–H and O–H groups in total. The van der Waals surface area contributed by atoms with E-state index in [1.807, 2.05) is 0 Å². The van der Waals surface area contributed by atoms with Crippen LogP contribution in [0.25, 0.3) is 0 Å². The van der Waals surface area contributed by atoms with Gasteiger partial charge in [0.25, 0.3) is 0 Å². The quantitative estimate of drug-likeness (QED) is 0.605. The van der Waals surface area contributed by atoms with Crippen molar-refractivity contribution in [3.05, 3.63) is 0 Å².